The van der Waals surface area contributed by atoms with Crippen LogP contribution in [0.2, 0.25) is 0 Å². The van der Waals surface area contributed by atoms with Gasteiger partial charge in [-0.15, -0.1) is 24.8 Å². The van der Waals surface area contributed by atoms with Crippen LogP contribution in [-0.4, -0.2) is 56.2 Å². The van der Waals surface area contributed by atoms with Gasteiger partial charge < -0.3 is 25.4 Å². The largest absolute Gasteiger partial charge is 0.493 e. The molecule has 0 aromatic heterocycles. The van der Waals surface area contributed by atoms with E-state index in [9.17, 15) is 13.6 Å². The van der Waals surface area contributed by atoms with Crippen molar-refractivity contribution in [3.63, 3.8) is 0 Å². The lowest BCUT2D eigenvalue weighted by molar-refractivity contribution is 0.0629. The Balaban J connectivity index is 0.00000280. The Kier molecular flexibility index (Phi) is 13.2. The molecule has 1 aliphatic carbocycles. The molecule has 1 aliphatic heterocycles. The number of carbonyl (C=O) groups is 1. The Morgan fingerprint density at radius 1 is 1.10 bits per heavy atom. The van der Waals surface area contributed by atoms with Crippen LogP contribution in [0.5, 0.6) is 11.5 Å². The van der Waals surface area contributed by atoms with Crippen LogP contribution in [0.15, 0.2) is 42.0 Å². The summed E-state index contributed by atoms with van der Waals surface area (Å²) in [5.74, 6) is 0.0978. The number of hydrogen-bond donors (Lipinski definition) is 2. The summed E-state index contributed by atoms with van der Waals surface area (Å²) in [6, 6.07) is 9.03. The van der Waals surface area contributed by atoms with E-state index in [0.29, 0.717) is 35.1 Å². The topological polar surface area (TPSA) is 76.8 Å². The van der Waals surface area contributed by atoms with Gasteiger partial charge in [0.05, 0.1) is 14.2 Å². The van der Waals surface area contributed by atoms with Gasteiger partial charge in [-0.05, 0) is 88.2 Å². The van der Waals surface area contributed by atoms with Crippen LogP contribution in [0.4, 0.5) is 8.78 Å². The normalized spacial score (nSPS) is 21.2. The zero-order valence-electron chi connectivity index (χ0n) is 23.3. The van der Waals surface area contributed by atoms with Gasteiger partial charge in [-0.3, -0.25) is 4.79 Å². The van der Waals surface area contributed by atoms with Crippen LogP contribution in [-0.2, 0) is 0 Å². The Bertz CT molecular complexity index is 1160. The number of amides is 1. The summed E-state index contributed by atoms with van der Waals surface area (Å²) in [5, 5.41) is 3.62. The molecule has 222 valence electrons. The molecule has 2 fully saturated rings. The van der Waals surface area contributed by atoms with Crippen molar-refractivity contribution in [2.45, 2.75) is 63.6 Å². The number of carbonyl (C=O) groups excluding carboxylic acids is 1. The molecular formula is C30H41Cl2F2N3O3. The van der Waals surface area contributed by atoms with E-state index >= 15 is 0 Å². The summed E-state index contributed by atoms with van der Waals surface area (Å²) < 4.78 is 38.7. The number of rotatable bonds is 10. The molecule has 2 unspecified atom stereocenters. The Hall–Kier alpha value is -2.39. The number of halogens is 4. The van der Waals surface area contributed by atoms with Crippen molar-refractivity contribution in [1.82, 2.24) is 10.2 Å². The predicted molar refractivity (Wildman–Crippen MR) is 160 cm³/mol. The number of hydrogen-bond acceptors (Lipinski definition) is 5. The second-order valence-corrected chi connectivity index (χ2v) is 10.6. The van der Waals surface area contributed by atoms with Crippen molar-refractivity contribution in [3.05, 3.63) is 64.7 Å². The Morgan fingerprint density at radius 3 is 2.45 bits per heavy atom. The molecule has 0 bridgehead atoms. The molecule has 0 radical (unpaired) electrons. The molecule has 1 heterocycles. The van der Waals surface area contributed by atoms with Gasteiger partial charge in [-0.2, -0.15) is 0 Å². The molecule has 1 saturated carbocycles. The summed E-state index contributed by atoms with van der Waals surface area (Å²) in [4.78, 5) is 16.1. The van der Waals surface area contributed by atoms with Gasteiger partial charge >= 0.3 is 0 Å². The van der Waals surface area contributed by atoms with Crippen molar-refractivity contribution >= 4 is 36.8 Å². The lowest BCUT2D eigenvalue weighted by Crippen LogP contribution is -2.51. The average molecular weight is 601 g/mol. The maximum atomic E-state index is 14.4. The maximum Gasteiger partial charge on any atom is 0.254 e. The summed E-state index contributed by atoms with van der Waals surface area (Å²) in [6.45, 7) is 3.10. The molecule has 1 saturated heterocycles. The molecule has 1 amide bonds. The van der Waals surface area contributed by atoms with Crippen molar-refractivity contribution in [2.24, 2.45) is 11.7 Å². The highest BCUT2D eigenvalue weighted by molar-refractivity contribution is 5.95. The van der Waals surface area contributed by atoms with Crippen molar-refractivity contribution in [1.29, 1.82) is 0 Å². The molecule has 4 atom stereocenters. The highest BCUT2D eigenvalue weighted by Gasteiger charge is 2.36. The summed E-state index contributed by atoms with van der Waals surface area (Å²) in [6.07, 6.45) is 7.59. The van der Waals surface area contributed by atoms with E-state index < -0.39 is 11.6 Å². The standard InChI is InChI=1S/C30H39F2N3O3.2ClH/c1-19(13-21-7-9-23(31)17-25(21)32)18-35(30(36)22-8-11-28(37-2)29(16-22)38-3)27(26-5-4-12-34-26)15-20-6-10-24(33)14-20;;/h7-9,11,13,16-17,20,24,26-27,34H,4-6,10,12,14-15,18,33H2,1-3H3;2*1H/t20?,24-,26?,27+;;/m1../s1. The number of ether oxygens (including phenoxy) is 2. The SMILES string of the molecule is COc1ccc(C(=O)N(CC(C)=Cc2ccc(F)cc2F)[C@@H](CC2CC[C@@H](N)C2)C2CCCN2)cc1OC.Cl.Cl. The monoisotopic (exact) mass is 599 g/mol. The van der Waals surface area contributed by atoms with E-state index in [0.717, 1.165) is 56.7 Å². The molecule has 3 N–H and O–H groups in total. The van der Waals surface area contributed by atoms with E-state index in [-0.39, 0.29) is 48.8 Å². The first-order valence-corrected chi connectivity index (χ1v) is 13.4. The first-order valence-electron chi connectivity index (χ1n) is 13.4. The molecular weight excluding hydrogens is 559 g/mol. The minimum Gasteiger partial charge on any atom is -0.493 e. The number of nitrogens with zero attached hydrogens (tertiary/aromatic N) is 1. The van der Waals surface area contributed by atoms with E-state index in [1.807, 2.05) is 11.8 Å². The molecule has 40 heavy (non-hydrogen) atoms. The summed E-state index contributed by atoms with van der Waals surface area (Å²) in [5.41, 5.74) is 7.83. The summed E-state index contributed by atoms with van der Waals surface area (Å²) in [7, 11) is 3.10. The fraction of sp³-hybridized carbons (Fsp3) is 0.500. The van der Waals surface area contributed by atoms with Crippen LogP contribution in [0.3, 0.4) is 0 Å². The van der Waals surface area contributed by atoms with Gasteiger partial charge in [0, 0.05) is 41.9 Å². The molecule has 2 aliphatic rings. The predicted octanol–water partition coefficient (Wildman–Crippen LogP) is 6.01. The molecule has 4 rings (SSSR count). The third-order valence-electron chi connectivity index (χ3n) is 7.80. The average Bonchev–Trinajstić information content (AvgIpc) is 3.59. The van der Waals surface area contributed by atoms with E-state index in [4.69, 9.17) is 15.2 Å². The van der Waals surface area contributed by atoms with Crippen LogP contribution in [0, 0.1) is 17.6 Å². The van der Waals surface area contributed by atoms with E-state index in [2.05, 4.69) is 5.32 Å². The summed E-state index contributed by atoms with van der Waals surface area (Å²) >= 11 is 0. The van der Waals surface area contributed by atoms with Crippen molar-refractivity contribution < 1.29 is 23.0 Å². The Labute approximate surface area is 248 Å². The molecule has 2 aromatic rings. The lowest BCUT2D eigenvalue weighted by Gasteiger charge is -2.38. The van der Waals surface area contributed by atoms with Gasteiger partial charge in [0.25, 0.3) is 5.91 Å². The molecule has 0 spiro atoms. The zero-order chi connectivity index (χ0) is 27.2. The Morgan fingerprint density at radius 2 is 1.85 bits per heavy atom. The third kappa shape index (κ3) is 8.32. The minimum atomic E-state index is -0.629. The van der Waals surface area contributed by atoms with Gasteiger partial charge in [0.15, 0.2) is 11.5 Å². The number of nitrogens with two attached hydrogens (primary N) is 1. The fourth-order valence-corrected chi connectivity index (χ4v) is 5.89. The number of benzene rings is 2. The van der Waals surface area contributed by atoms with Crippen LogP contribution >= 0.6 is 24.8 Å². The molecule has 2 aromatic carbocycles. The van der Waals surface area contributed by atoms with Crippen LogP contribution < -0.4 is 20.5 Å². The second kappa shape index (κ2) is 15.6. The number of methoxy groups -OCH3 is 2. The number of nitrogens with one attached hydrogen (secondary N) is 1. The van der Waals surface area contributed by atoms with Crippen molar-refractivity contribution in [3.8, 4) is 11.5 Å². The third-order valence-corrected chi connectivity index (χ3v) is 7.80. The zero-order valence-corrected chi connectivity index (χ0v) is 25.0. The highest BCUT2D eigenvalue weighted by atomic mass is 35.5. The van der Waals surface area contributed by atoms with Crippen LogP contribution in [0.25, 0.3) is 6.08 Å². The van der Waals surface area contributed by atoms with Crippen LogP contribution in [0.1, 0.15) is 61.4 Å². The van der Waals surface area contributed by atoms with Gasteiger partial charge in [-0.1, -0.05) is 11.6 Å². The second-order valence-electron chi connectivity index (χ2n) is 10.6. The minimum absolute atomic E-state index is 0. The van der Waals surface area contributed by atoms with E-state index in [1.165, 1.54) is 12.1 Å². The van der Waals surface area contributed by atoms with E-state index in [1.54, 1.807) is 38.5 Å². The first kappa shape index (κ1) is 33.8. The molecule has 6 nitrogen and oxygen atoms in total. The fourth-order valence-electron chi connectivity index (χ4n) is 5.89. The van der Waals surface area contributed by atoms with Crippen molar-refractivity contribution in [2.75, 3.05) is 27.3 Å². The molecule has 10 heteroatoms. The quantitative estimate of drug-likeness (QED) is 0.350. The lowest BCUT2D eigenvalue weighted by atomic mass is 9.90. The van der Waals surface area contributed by atoms with Gasteiger partial charge in [0.1, 0.15) is 11.6 Å². The first-order chi connectivity index (χ1) is 18.3. The smallest absolute Gasteiger partial charge is 0.254 e. The highest BCUT2D eigenvalue weighted by Crippen LogP contribution is 2.34. The van der Waals surface area contributed by atoms with Gasteiger partial charge in [0.2, 0.25) is 0 Å². The maximum absolute atomic E-state index is 14.4. The van der Waals surface area contributed by atoms with Gasteiger partial charge in [-0.25, -0.2) is 8.78 Å².